The fourth-order valence-corrected chi connectivity index (χ4v) is 0.937. The molecule has 4 heteroatoms. The molecule has 0 bridgehead atoms. The molecule has 1 aromatic rings. The molecule has 0 amide bonds. The van der Waals surface area contributed by atoms with Gasteiger partial charge in [0.05, 0.1) is 18.7 Å². The molecule has 0 saturated carbocycles. The van der Waals surface area contributed by atoms with Crippen LogP contribution in [-0.2, 0) is 4.79 Å². The van der Waals surface area contributed by atoms with Crippen LogP contribution in [0.2, 0.25) is 0 Å². The topological polar surface area (TPSA) is 76.5 Å². The van der Waals surface area contributed by atoms with Crippen molar-refractivity contribution in [2.24, 2.45) is 5.73 Å². The van der Waals surface area contributed by atoms with Gasteiger partial charge in [-0.2, -0.15) is 0 Å². The fourth-order valence-electron chi connectivity index (χ4n) is 0.937. The number of carboxylic acid groups (broad SMARTS) is 1. The number of rotatable bonds is 3. The van der Waals surface area contributed by atoms with Crippen LogP contribution in [0.15, 0.2) is 16.7 Å². The highest BCUT2D eigenvalue weighted by Gasteiger charge is 2.13. The molecule has 0 saturated heterocycles. The summed E-state index contributed by atoms with van der Waals surface area (Å²) in [6, 6.07) is 1.20. The number of hydrogen-bond acceptors (Lipinski definition) is 3. The van der Waals surface area contributed by atoms with E-state index in [0.717, 1.165) is 5.56 Å². The van der Waals surface area contributed by atoms with Crippen LogP contribution >= 0.6 is 0 Å². The molecule has 1 atom stereocenters. The van der Waals surface area contributed by atoms with Crippen LogP contribution in [0.5, 0.6) is 0 Å². The van der Waals surface area contributed by atoms with E-state index in [1.54, 1.807) is 12.3 Å². The van der Waals surface area contributed by atoms with Crippen molar-refractivity contribution in [3.63, 3.8) is 0 Å². The van der Waals surface area contributed by atoms with Gasteiger partial charge in [0, 0.05) is 0 Å². The van der Waals surface area contributed by atoms with E-state index in [1.807, 2.05) is 6.92 Å². The van der Waals surface area contributed by atoms with Crippen molar-refractivity contribution in [2.75, 3.05) is 0 Å². The summed E-state index contributed by atoms with van der Waals surface area (Å²) in [5, 5.41) is 8.43. The summed E-state index contributed by atoms with van der Waals surface area (Å²) in [4.78, 5) is 10.3. The van der Waals surface area contributed by atoms with Gasteiger partial charge >= 0.3 is 5.97 Å². The maximum absolute atomic E-state index is 10.3. The summed E-state index contributed by atoms with van der Waals surface area (Å²) in [5.74, 6) is -0.397. The number of aliphatic carboxylic acids is 1. The van der Waals surface area contributed by atoms with Crippen molar-refractivity contribution in [1.29, 1.82) is 0 Å². The minimum absolute atomic E-state index is 0.104. The van der Waals surface area contributed by atoms with E-state index in [9.17, 15) is 4.79 Å². The van der Waals surface area contributed by atoms with Crippen molar-refractivity contribution in [1.82, 2.24) is 0 Å². The van der Waals surface area contributed by atoms with E-state index in [0.29, 0.717) is 5.76 Å². The Morgan fingerprint density at radius 3 is 2.92 bits per heavy atom. The molecule has 0 aromatic carbocycles. The molecule has 0 radical (unpaired) electrons. The summed E-state index contributed by atoms with van der Waals surface area (Å²) in [5.41, 5.74) is 6.48. The van der Waals surface area contributed by atoms with E-state index in [-0.39, 0.29) is 6.42 Å². The van der Waals surface area contributed by atoms with E-state index in [2.05, 4.69) is 0 Å². The standard InChI is InChI=1S/C8H11NO3/c1-5-2-7(12-4-5)6(9)3-8(10)11/h2,4,6H,3,9H2,1H3,(H,10,11). The molecular formula is C8H11NO3. The summed E-state index contributed by atoms with van der Waals surface area (Å²) in [6.45, 7) is 1.86. The minimum atomic E-state index is -0.920. The van der Waals surface area contributed by atoms with Crippen LogP contribution in [-0.4, -0.2) is 11.1 Å². The number of nitrogens with two attached hydrogens (primary N) is 1. The Labute approximate surface area is 70.0 Å². The maximum Gasteiger partial charge on any atom is 0.305 e. The zero-order chi connectivity index (χ0) is 9.14. The van der Waals surface area contributed by atoms with Gasteiger partial charge in [0.15, 0.2) is 0 Å². The molecule has 1 rings (SSSR count). The number of furan rings is 1. The zero-order valence-electron chi connectivity index (χ0n) is 6.78. The third-order valence-electron chi connectivity index (χ3n) is 1.51. The first kappa shape index (κ1) is 8.80. The number of aryl methyl sites for hydroxylation is 1. The number of carbonyl (C=O) groups is 1. The Balaban J connectivity index is 2.64. The number of hydrogen-bond donors (Lipinski definition) is 2. The zero-order valence-corrected chi connectivity index (χ0v) is 6.78. The third-order valence-corrected chi connectivity index (χ3v) is 1.51. The predicted octanol–water partition coefficient (Wildman–Crippen LogP) is 1.06. The highest BCUT2D eigenvalue weighted by Crippen LogP contribution is 2.16. The average molecular weight is 169 g/mol. The van der Waals surface area contributed by atoms with Crippen LogP contribution in [0.1, 0.15) is 23.8 Å². The Morgan fingerprint density at radius 2 is 2.50 bits per heavy atom. The van der Waals surface area contributed by atoms with Crippen LogP contribution in [0, 0.1) is 6.92 Å². The van der Waals surface area contributed by atoms with Gasteiger partial charge in [-0.1, -0.05) is 0 Å². The van der Waals surface area contributed by atoms with E-state index < -0.39 is 12.0 Å². The molecule has 0 aliphatic rings. The molecular weight excluding hydrogens is 158 g/mol. The van der Waals surface area contributed by atoms with Crippen molar-refractivity contribution >= 4 is 5.97 Å². The highest BCUT2D eigenvalue weighted by molar-refractivity contribution is 5.67. The van der Waals surface area contributed by atoms with Crippen molar-refractivity contribution in [3.05, 3.63) is 23.7 Å². The van der Waals surface area contributed by atoms with Gasteiger partial charge in [0.25, 0.3) is 0 Å². The second-order valence-corrected chi connectivity index (χ2v) is 2.73. The smallest absolute Gasteiger partial charge is 0.305 e. The normalized spacial score (nSPS) is 12.8. The largest absolute Gasteiger partial charge is 0.481 e. The van der Waals surface area contributed by atoms with E-state index in [4.69, 9.17) is 15.3 Å². The van der Waals surface area contributed by atoms with Crippen LogP contribution in [0.3, 0.4) is 0 Å². The lowest BCUT2D eigenvalue weighted by atomic mass is 10.1. The first-order valence-corrected chi connectivity index (χ1v) is 3.62. The molecule has 0 aliphatic carbocycles. The van der Waals surface area contributed by atoms with Gasteiger partial charge in [0.2, 0.25) is 0 Å². The lowest BCUT2D eigenvalue weighted by molar-refractivity contribution is -0.137. The van der Waals surface area contributed by atoms with Gasteiger partial charge in [-0.05, 0) is 18.6 Å². The maximum atomic E-state index is 10.3. The highest BCUT2D eigenvalue weighted by atomic mass is 16.4. The first-order chi connectivity index (χ1) is 5.59. The summed E-state index contributed by atoms with van der Waals surface area (Å²) in [6.07, 6.45) is 1.45. The average Bonchev–Trinajstić information content (AvgIpc) is 2.34. The van der Waals surface area contributed by atoms with E-state index in [1.165, 1.54) is 0 Å². The lowest BCUT2D eigenvalue weighted by Crippen LogP contribution is -2.14. The van der Waals surface area contributed by atoms with Gasteiger partial charge in [-0.15, -0.1) is 0 Å². The van der Waals surface area contributed by atoms with Gasteiger partial charge < -0.3 is 15.3 Å². The SMILES string of the molecule is Cc1coc(C(N)CC(=O)O)c1. The fraction of sp³-hybridized carbons (Fsp3) is 0.375. The second-order valence-electron chi connectivity index (χ2n) is 2.73. The van der Waals surface area contributed by atoms with E-state index >= 15 is 0 Å². The molecule has 12 heavy (non-hydrogen) atoms. The van der Waals surface area contributed by atoms with Gasteiger partial charge in [-0.25, -0.2) is 0 Å². The molecule has 1 heterocycles. The van der Waals surface area contributed by atoms with Crippen molar-refractivity contribution < 1.29 is 14.3 Å². The third kappa shape index (κ3) is 2.10. The van der Waals surface area contributed by atoms with Crippen LogP contribution in [0.4, 0.5) is 0 Å². The Hall–Kier alpha value is -1.29. The molecule has 1 aromatic heterocycles. The molecule has 0 spiro atoms. The molecule has 66 valence electrons. The predicted molar refractivity (Wildman–Crippen MR) is 42.6 cm³/mol. The quantitative estimate of drug-likeness (QED) is 0.709. The second kappa shape index (κ2) is 3.40. The van der Waals surface area contributed by atoms with Gasteiger partial charge in [0.1, 0.15) is 5.76 Å². The van der Waals surface area contributed by atoms with Gasteiger partial charge in [-0.3, -0.25) is 4.79 Å². The first-order valence-electron chi connectivity index (χ1n) is 3.62. The van der Waals surface area contributed by atoms with Crippen molar-refractivity contribution in [3.8, 4) is 0 Å². The van der Waals surface area contributed by atoms with Crippen LogP contribution < -0.4 is 5.73 Å². The lowest BCUT2D eigenvalue weighted by Gasteiger charge is -2.03. The number of carboxylic acids is 1. The Morgan fingerprint density at radius 1 is 1.83 bits per heavy atom. The molecule has 0 fully saturated rings. The summed E-state index contributed by atoms with van der Waals surface area (Å²) >= 11 is 0. The monoisotopic (exact) mass is 169 g/mol. The molecule has 0 aliphatic heterocycles. The minimum Gasteiger partial charge on any atom is -0.481 e. The summed E-state index contributed by atoms with van der Waals surface area (Å²) < 4.78 is 5.04. The summed E-state index contributed by atoms with van der Waals surface area (Å²) in [7, 11) is 0. The molecule has 3 N–H and O–H groups in total. The molecule has 4 nitrogen and oxygen atoms in total. The molecule has 1 unspecified atom stereocenters. The Kier molecular flexibility index (Phi) is 2.50. The van der Waals surface area contributed by atoms with Crippen molar-refractivity contribution in [2.45, 2.75) is 19.4 Å². The van der Waals surface area contributed by atoms with Crippen LogP contribution in [0.25, 0.3) is 0 Å². The Bertz CT molecular complexity index is 280.